The Morgan fingerprint density at radius 3 is 2.43 bits per heavy atom. The highest BCUT2D eigenvalue weighted by atomic mass is 19.2. The number of hydrogen-bond donors (Lipinski definition) is 1. The van der Waals surface area contributed by atoms with Crippen LogP contribution in [0.15, 0.2) is 72.8 Å². The smallest absolute Gasteiger partial charge is 0.251 e. The standard InChI is InChI=1S/C28H23F2N3O2/c1-16-27-26(19-9-5-6-10-23(19)31-27)20(17-7-3-2-4-8-17)15-32(16)24-14-25(34)33(28(24)35)18-11-12-21(29)22(30)13-18/h2-13,16,20,24,31H,14-15H2,1H3. The normalized spacial score (nSPS) is 22.7. The maximum atomic E-state index is 13.9. The van der Waals surface area contributed by atoms with Gasteiger partial charge in [-0.25, -0.2) is 13.7 Å². The van der Waals surface area contributed by atoms with Crippen molar-refractivity contribution < 1.29 is 18.4 Å². The monoisotopic (exact) mass is 471 g/mol. The van der Waals surface area contributed by atoms with Crippen molar-refractivity contribution in [3.63, 3.8) is 0 Å². The minimum atomic E-state index is -1.09. The molecule has 0 bridgehead atoms. The molecule has 3 unspecified atom stereocenters. The van der Waals surface area contributed by atoms with E-state index in [1.807, 2.05) is 43.3 Å². The summed E-state index contributed by atoms with van der Waals surface area (Å²) in [5.41, 5.74) is 4.45. The fraction of sp³-hybridized carbons (Fsp3) is 0.214. The van der Waals surface area contributed by atoms with E-state index < -0.39 is 29.5 Å². The molecule has 1 N–H and O–H groups in total. The molecule has 35 heavy (non-hydrogen) atoms. The number of fused-ring (bicyclic) bond motifs is 3. The van der Waals surface area contributed by atoms with Crippen molar-refractivity contribution >= 4 is 28.4 Å². The molecule has 2 aliphatic rings. The molecule has 3 heterocycles. The molecular formula is C28H23F2N3O2. The summed E-state index contributed by atoms with van der Waals surface area (Å²) >= 11 is 0. The van der Waals surface area contributed by atoms with Crippen molar-refractivity contribution in [2.75, 3.05) is 11.4 Å². The number of nitrogens with one attached hydrogen (secondary N) is 1. The summed E-state index contributed by atoms with van der Waals surface area (Å²) < 4.78 is 27.3. The number of carbonyl (C=O) groups is 2. The number of benzene rings is 3. The van der Waals surface area contributed by atoms with E-state index in [2.05, 4.69) is 28.1 Å². The molecule has 6 rings (SSSR count). The third-order valence-corrected chi connectivity index (χ3v) is 7.32. The van der Waals surface area contributed by atoms with Crippen molar-refractivity contribution in [1.82, 2.24) is 9.88 Å². The van der Waals surface area contributed by atoms with Gasteiger partial charge in [-0.15, -0.1) is 0 Å². The molecule has 3 aromatic carbocycles. The summed E-state index contributed by atoms with van der Waals surface area (Å²) in [4.78, 5) is 33.1. The summed E-state index contributed by atoms with van der Waals surface area (Å²) in [6, 6.07) is 20.6. The molecule has 4 aromatic rings. The van der Waals surface area contributed by atoms with Crippen molar-refractivity contribution in [3.8, 4) is 0 Å². The number of rotatable bonds is 3. The van der Waals surface area contributed by atoms with E-state index in [1.165, 1.54) is 11.6 Å². The molecule has 1 aromatic heterocycles. The average molecular weight is 472 g/mol. The molecule has 2 amide bonds. The summed E-state index contributed by atoms with van der Waals surface area (Å²) in [6.45, 7) is 2.59. The second kappa shape index (κ2) is 8.13. The molecule has 3 atom stereocenters. The summed E-state index contributed by atoms with van der Waals surface area (Å²) in [5.74, 6) is -2.95. The Bertz CT molecular complexity index is 1470. The maximum absolute atomic E-state index is 13.9. The Kier molecular flexibility index (Phi) is 5.04. The predicted molar refractivity (Wildman–Crippen MR) is 129 cm³/mol. The quantitative estimate of drug-likeness (QED) is 0.413. The van der Waals surface area contributed by atoms with E-state index in [1.54, 1.807) is 0 Å². The molecular weight excluding hydrogens is 448 g/mol. The van der Waals surface area contributed by atoms with Gasteiger partial charge in [0.05, 0.1) is 18.2 Å². The fourth-order valence-electron chi connectivity index (χ4n) is 5.64. The maximum Gasteiger partial charge on any atom is 0.251 e. The lowest BCUT2D eigenvalue weighted by Gasteiger charge is -2.40. The van der Waals surface area contributed by atoms with Gasteiger partial charge < -0.3 is 4.98 Å². The zero-order valence-electron chi connectivity index (χ0n) is 19.0. The number of nitrogens with zero attached hydrogens (tertiary/aromatic N) is 2. The number of anilines is 1. The highest BCUT2D eigenvalue weighted by Gasteiger charge is 2.47. The number of aromatic amines is 1. The number of aromatic nitrogens is 1. The second-order valence-electron chi connectivity index (χ2n) is 9.22. The molecule has 1 saturated heterocycles. The number of carbonyl (C=O) groups excluding carboxylic acids is 2. The zero-order chi connectivity index (χ0) is 24.3. The fourth-order valence-corrected chi connectivity index (χ4v) is 5.64. The van der Waals surface area contributed by atoms with Crippen LogP contribution in [0.3, 0.4) is 0 Å². The lowest BCUT2D eigenvalue weighted by Crippen LogP contribution is -2.47. The van der Waals surface area contributed by atoms with E-state index >= 15 is 0 Å². The van der Waals surface area contributed by atoms with Gasteiger partial charge in [-0.05, 0) is 36.2 Å². The Labute approximate surface area is 201 Å². The predicted octanol–water partition coefficient (Wildman–Crippen LogP) is 5.29. The van der Waals surface area contributed by atoms with E-state index in [0.717, 1.165) is 39.2 Å². The van der Waals surface area contributed by atoms with Crippen LogP contribution in [0.2, 0.25) is 0 Å². The van der Waals surface area contributed by atoms with Crippen molar-refractivity contribution in [2.45, 2.75) is 31.3 Å². The number of H-pyrrole nitrogens is 1. The number of imide groups is 1. The van der Waals surface area contributed by atoms with Crippen molar-refractivity contribution in [1.29, 1.82) is 0 Å². The van der Waals surface area contributed by atoms with E-state index in [9.17, 15) is 18.4 Å². The molecule has 5 nitrogen and oxygen atoms in total. The van der Waals surface area contributed by atoms with Gasteiger partial charge >= 0.3 is 0 Å². The molecule has 0 saturated carbocycles. The molecule has 0 radical (unpaired) electrons. The molecule has 0 aliphatic carbocycles. The van der Waals surface area contributed by atoms with Crippen LogP contribution in [0.4, 0.5) is 14.5 Å². The first-order valence-electron chi connectivity index (χ1n) is 11.7. The first-order chi connectivity index (χ1) is 16.9. The summed E-state index contributed by atoms with van der Waals surface area (Å²) in [7, 11) is 0. The van der Waals surface area contributed by atoms with Crippen LogP contribution >= 0.6 is 0 Å². The van der Waals surface area contributed by atoms with E-state index in [0.29, 0.717) is 6.54 Å². The molecule has 2 aliphatic heterocycles. The Morgan fingerprint density at radius 2 is 1.66 bits per heavy atom. The van der Waals surface area contributed by atoms with Gasteiger partial charge in [0.2, 0.25) is 5.91 Å². The number of amides is 2. The first-order valence-corrected chi connectivity index (χ1v) is 11.7. The highest BCUT2D eigenvalue weighted by Crippen LogP contribution is 2.45. The van der Waals surface area contributed by atoms with Gasteiger partial charge in [-0.2, -0.15) is 0 Å². The molecule has 0 spiro atoms. The zero-order valence-corrected chi connectivity index (χ0v) is 19.0. The third-order valence-electron chi connectivity index (χ3n) is 7.32. The number of hydrogen-bond acceptors (Lipinski definition) is 3. The van der Waals surface area contributed by atoms with Crippen LogP contribution in [-0.4, -0.2) is 34.3 Å². The summed E-state index contributed by atoms with van der Waals surface area (Å²) in [5, 5.41) is 1.15. The lowest BCUT2D eigenvalue weighted by molar-refractivity contribution is -0.123. The molecule has 7 heteroatoms. The number of para-hydroxylation sites is 1. The number of halogens is 2. The Hall–Kier alpha value is -3.84. The third kappa shape index (κ3) is 3.38. The second-order valence-corrected chi connectivity index (χ2v) is 9.22. The van der Waals surface area contributed by atoms with Gasteiger partial charge in [0.1, 0.15) is 0 Å². The van der Waals surface area contributed by atoms with Gasteiger partial charge in [0.15, 0.2) is 11.6 Å². The minimum absolute atomic E-state index is 0.00114. The first kappa shape index (κ1) is 21.7. The summed E-state index contributed by atoms with van der Waals surface area (Å²) in [6.07, 6.45) is -0.0146. The largest absolute Gasteiger partial charge is 0.357 e. The van der Waals surface area contributed by atoms with Crippen molar-refractivity contribution in [2.24, 2.45) is 0 Å². The highest BCUT2D eigenvalue weighted by molar-refractivity contribution is 6.22. The molecule has 176 valence electrons. The van der Waals surface area contributed by atoms with Crippen LogP contribution in [0, 0.1) is 11.6 Å². The van der Waals surface area contributed by atoms with E-state index in [-0.39, 0.29) is 24.1 Å². The van der Waals surface area contributed by atoms with Gasteiger partial charge in [0.25, 0.3) is 5.91 Å². The lowest BCUT2D eigenvalue weighted by atomic mass is 9.83. The van der Waals surface area contributed by atoms with Gasteiger partial charge in [-0.3, -0.25) is 14.5 Å². The average Bonchev–Trinajstić information content (AvgIpc) is 3.39. The Balaban J connectivity index is 1.42. The Morgan fingerprint density at radius 1 is 0.914 bits per heavy atom. The van der Waals surface area contributed by atoms with Crippen LogP contribution in [0.25, 0.3) is 10.9 Å². The minimum Gasteiger partial charge on any atom is -0.357 e. The molecule has 1 fully saturated rings. The van der Waals surface area contributed by atoms with Gasteiger partial charge in [0, 0.05) is 41.2 Å². The van der Waals surface area contributed by atoms with Crippen LogP contribution in [0.1, 0.15) is 42.1 Å². The van der Waals surface area contributed by atoms with Gasteiger partial charge in [-0.1, -0.05) is 48.5 Å². The SMILES string of the molecule is CC1c2[nH]c3ccccc3c2C(c2ccccc2)CN1C1CC(=O)N(c2ccc(F)c(F)c2)C1=O. The van der Waals surface area contributed by atoms with E-state index in [4.69, 9.17) is 0 Å². The van der Waals surface area contributed by atoms with Crippen LogP contribution < -0.4 is 4.90 Å². The van der Waals surface area contributed by atoms with Crippen LogP contribution in [0.5, 0.6) is 0 Å². The van der Waals surface area contributed by atoms with Crippen molar-refractivity contribution in [3.05, 3.63) is 101 Å². The van der Waals surface area contributed by atoms with Crippen LogP contribution in [-0.2, 0) is 9.59 Å². The topological polar surface area (TPSA) is 56.4 Å².